The quantitative estimate of drug-likeness (QED) is 0.122. The van der Waals surface area contributed by atoms with E-state index in [-0.39, 0.29) is 5.97 Å². The van der Waals surface area contributed by atoms with Crippen molar-refractivity contribution < 1.29 is 9.53 Å². The van der Waals surface area contributed by atoms with E-state index in [4.69, 9.17) is 4.74 Å². The summed E-state index contributed by atoms with van der Waals surface area (Å²) < 4.78 is 5.37. The smallest absolute Gasteiger partial charge is 0.311 e. The first kappa shape index (κ1) is 27.5. The Morgan fingerprint density at radius 2 is 1.18 bits per heavy atom. The molecule has 4 rings (SSSR count). The second kappa shape index (κ2) is 15.0. The van der Waals surface area contributed by atoms with Gasteiger partial charge in [0.1, 0.15) is 5.75 Å². The molecule has 196 valence electrons. The Bertz CT molecular complexity index is 1180. The minimum atomic E-state index is -0.180. The molecule has 0 spiro atoms. The Labute approximate surface area is 231 Å². The number of ether oxygens (including phenoxy) is 1. The molecule has 0 aliphatic rings. The molecule has 0 aromatic heterocycles. The fourth-order valence-electron chi connectivity index (χ4n) is 4.43. The average Bonchev–Trinajstić information content (AvgIpc) is 2.95. The van der Waals surface area contributed by atoms with Crippen LogP contribution in [0.25, 0.3) is 0 Å². The van der Waals surface area contributed by atoms with Gasteiger partial charge < -0.3 is 9.64 Å². The number of aryl methyl sites for hydroxylation is 2. The van der Waals surface area contributed by atoms with Crippen molar-refractivity contribution in [2.24, 2.45) is 0 Å². The normalized spacial score (nSPS) is 10.8. The molecule has 0 radical (unpaired) electrons. The van der Waals surface area contributed by atoms with Crippen molar-refractivity contribution in [3.63, 3.8) is 0 Å². The molecule has 4 aromatic rings. The van der Waals surface area contributed by atoms with Crippen LogP contribution < -0.4 is 9.64 Å². The number of nitrogens with zero attached hydrogens (tertiary/aromatic N) is 1. The van der Waals surface area contributed by atoms with E-state index in [9.17, 15) is 4.79 Å². The molecule has 0 saturated carbocycles. The molecule has 0 saturated heterocycles. The van der Waals surface area contributed by atoms with Crippen LogP contribution in [-0.2, 0) is 17.6 Å². The van der Waals surface area contributed by atoms with Gasteiger partial charge in [-0.05, 0) is 91.8 Å². The summed E-state index contributed by atoms with van der Waals surface area (Å²) in [4.78, 5) is 16.6. The molecule has 38 heavy (non-hydrogen) atoms. The third kappa shape index (κ3) is 9.11. The molecule has 0 fully saturated rings. The summed E-state index contributed by atoms with van der Waals surface area (Å²) in [5.74, 6) is 0.422. The molecule has 0 aliphatic carbocycles. The summed E-state index contributed by atoms with van der Waals surface area (Å²) in [5.41, 5.74) is 4.07. The van der Waals surface area contributed by atoms with E-state index in [0.717, 1.165) is 50.1 Å². The van der Waals surface area contributed by atoms with Crippen LogP contribution in [0.15, 0.2) is 119 Å². The second-order valence-electron chi connectivity index (χ2n) is 9.46. The third-order valence-corrected chi connectivity index (χ3v) is 7.44. The van der Waals surface area contributed by atoms with Crippen molar-refractivity contribution in [2.45, 2.75) is 55.2 Å². The Morgan fingerprint density at radius 3 is 1.68 bits per heavy atom. The van der Waals surface area contributed by atoms with Crippen LogP contribution >= 0.6 is 11.8 Å². The van der Waals surface area contributed by atoms with Gasteiger partial charge in [-0.25, -0.2) is 0 Å². The first-order valence-electron chi connectivity index (χ1n) is 13.6. The lowest BCUT2D eigenvalue weighted by atomic mass is 10.1. The Hall–Kier alpha value is -3.50. The molecule has 4 aromatic carbocycles. The van der Waals surface area contributed by atoms with Gasteiger partial charge in [-0.15, -0.1) is 0 Å². The zero-order valence-electron chi connectivity index (χ0n) is 22.2. The summed E-state index contributed by atoms with van der Waals surface area (Å²) in [5, 5.41) is 0. The molecule has 0 heterocycles. The van der Waals surface area contributed by atoms with Gasteiger partial charge in [0.15, 0.2) is 0 Å². The maximum atomic E-state index is 11.7. The summed E-state index contributed by atoms with van der Waals surface area (Å²) in [6.07, 6.45) is 5.67. The molecule has 0 bridgehead atoms. The van der Waals surface area contributed by atoms with Crippen molar-refractivity contribution in [3.8, 4) is 5.75 Å². The molecular weight excluding hydrogens is 486 g/mol. The van der Waals surface area contributed by atoms with Crippen molar-refractivity contribution >= 4 is 23.4 Å². The van der Waals surface area contributed by atoms with E-state index in [1.54, 1.807) is 11.8 Å². The van der Waals surface area contributed by atoms with E-state index in [0.29, 0.717) is 12.2 Å². The lowest BCUT2D eigenvalue weighted by Crippen LogP contribution is -2.26. The zero-order valence-corrected chi connectivity index (χ0v) is 23.0. The van der Waals surface area contributed by atoms with Crippen LogP contribution in [-0.4, -0.2) is 19.1 Å². The molecule has 0 aliphatic heterocycles. The SMILES string of the molecule is CCCC(=O)Oc1ccc(Sc2ccc(N(CCCc3ccccc3)CCCc3ccccc3)cc2)cc1. The minimum absolute atomic E-state index is 0.180. The van der Waals surface area contributed by atoms with E-state index in [1.165, 1.54) is 21.7 Å². The molecule has 0 atom stereocenters. The van der Waals surface area contributed by atoms with Crippen LogP contribution in [0, 0.1) is 0 Å². The maximum absolute atomic E-state index is 11.7. The Morgan fingerprint density at radius 1 is 0.684 bits per heavy atom. The topological polar surface area (TPSA) is 29.5 Å². The standard InChI is InChI=1S/C34H37NO2S/c1-2-11-34(36)37-31-20-24-33(25-21-31)38-32-22-18-30(19-23-32)35(26-9-16-28-12-5-3-6-13-28)27-10-17-29-14-7-4-8-15-29/h3-8,12-15,18-25H,2,9-11,16-17,26-27H2,1H3. The second-order valence-corrected chi connectivity index (χ2v) is 10.6. The Balaban J connectivity index is 1.35. The number of carbonyl (C=O) groups excluding carboxylic acids is 1. The summed E-state index contributed by atoms with van der Waals surface area (Å²) in [6, 6.07) is 38.1. The zero-order chi connectivity index (χ0) is 26.4. The monoisotopic (exact) mass is 523 g/mol. The molecule has 0 amide bonds. The van der Waals surface area contributed by atoms with Crippen molar-refractivity contribution in [3.05, 3.63) is 120 Å². The van der Waals surface area contributed by atoms with Crippen molar-refractivity contribution in [1.82, 2.24) is 0 Å². The van der Waals surface area contributed by atoms with Gasteiger partial charge in [0.25, 0.3) is 0 Å². The predicted octanol–water partition coefficient (Wildman–Crippen LogP) is 8.62. The van der Waals surface area contributed by atoms with Crippen LogP contribution in [0.2, 0.25) is 0 Å². The van der Waals surface area contributed by atoms with E-state index in [2.05, 4.69) is 89.8 Å². The maximum Gasteiger partial charge on any atom is 0.311 e. The number of anilines is 1. The van der Waals surface area contributed by atoms with Gasteiger partial charge in [0.05, 0.1) is 0 Å². The molecule has 3 nitrogen and oxygen atoms in total. The van der Waals surface area contributed by atoms with E-state index in [1.807, 2.05) is 31.2 Å². The predicted molar refractivity (Wildman–Crippen MR) is 159 cm³/mol. The number of carbonyl (C=O) groups is 1. The molecule has 0 N–H and O–H groups in total. The number of hydrogen-bond acceptors (Lipinski definition) is 4. The minimum Gasteiger partial charge on any atom is -0.427 e. The van der Waals surface area contributed by atoms with Crippen LogP contribution in [0.4, 0.5) is 5.69 Å². The largest absolute Gasteiger partial charge is 0.427 e. The van der Waals surface area contributed by atoms with Crippen LogP contribution in [0.1, 0.15) is 43.7 Å². The number of hydrogen-bond donors (Lipinski definition) is 0. The van der Waals surface area contributed by atoms with E-state index < -0.39 is 0 Å². The summed E-state index contributed by atoms with van der Waals surface area (Å²) in [6.45, 7) is 4.05. The highest BCUT2D eigenvalue weighted by atomic mass is 32.2. The van der Waals surface area contributed by atoms with Crippen LogP contribution in [0.5, 0.6) is 5.75 Å². The molecular formula is C34H37NO2S. The highest BCUT2D eigenvalue weighted by Crippen LogP contribution is 2.31. The first-order chi connectivity index (χ1) is 18.7. The van der Waals surface area contributed by atoms with Gasteiger partial charge in [-0.2, -0.15) is 0 Å². The first-order valence-corrected chi connectivity index (χ1v) is 14.4. The number of benzene rings is 4. The summed E-state index contributed by atoms with van der Waals surface area (Å²) in [7, 11) is 0. The Kier molecular flexibility index (Phi) is 10.9. The number of esters is 1. The van der Waals surface area contributed by atoms with E-state index >= 15 is 0 Å². The summed E-state index contributed by atoms with van der Waals surface area (Å²) >= 11 is 1.72. The third-order valence-electron chi connectivity index (χ3n) is 6.42. The van der Waals surface area contributed by atoms with Gasteiger partial charge in [-0.1, -0.05) is 79.3 Å². The van der Waals surface area contributed by atoms with Gasteiger partial charge >= 0.3 is 5.97 Å². The lowest BCUT2D eigenvalue weighted by molar-refractivity contribution is -0.134. The van der Waals surface area contributed by atoms with Crippen LogP contribution in [0.3, 0.4) is 0 Å². The average molecular weight is 524 g/mol. The fourth-order valence-corrected chi connectivity index (χ4v) is 5.25. The van der Waals surface area contributed by atoms with Gasteiger partial charge in [0, 0.05) is 35.0 Å². The van der Waals surface area contributed by atoms with Gasteiger partial charge in [0.2, 0.25) is 0 Å². The lowest BCUT2D eigenvalue weighted by Gasteiger charge is -2.25. The highest BCUT2D eigenvalue weighted by Gasteiger charge is 2.09. The highest BCUT2D eigenvalue weighted by molar-refractivity contribution is 7.99. The van der Waals surface area contributed by atoms with Crippen molar-refractivity contribution in [2.75, 3.05) is 18.0 Å². The number of rotatable bonds is 14. The molecule has 4 heteroatoms. The molecule has 0 unspecified atom stereocenters. The fraction of sp³-hybridized carbons (Fsp3) is 0.265. The van der Waals surface area contributed by atoms with Crippen molar-refractivity contribution in [1.29, 1.82) is 0 Å². The van der Waals surface area contributed by atoms with Gasteiger partial charge in [-0.3, -0.25) is 4.79 Å².